The Balaban J connectivity index is 1.46. The second-order valence-corrected chi connectivity index (χ2v) is 12.7. The molecule has 0 N–H and O–H groups in total. The Morgan fingerprint density at radius 1 is 0.659 bits per heavy atom. The molecule has 4 aromatic carbocycles. The molecule has 1 aliphatic heterocycles. The van der Waals surface area contributed by atoms with Crippen LogP contribution < -0.4 is 14.2 Å². The molecule has 0 saturated carbocycles. The number of piperazine rings is 1. The lowest BCUT2D eigenvalue weighted by atomic mass is 10.1. The molecule has 1 heterocycles. The van der Waals surface area contributed by atoms with Gasteiger partial charge >= 0.3 is 0 Å². The number of amides is 1. The van der Waals surface area contributed by atoms with Crippen molar-refractivity contribution in [3.8, 4) is 17.2 Å². The maximum absolute atomic E-state index is 13.8. The summed E-state index contributed by atoms with van der Waals surface area (Å²) in [6.07, 6.45) is 0. The summed E-state index contributed by atoms with van der Waals surface area (Å²) in [6, 6.07) is 32.7. The van der Waals surface area contributed by atoms with Crippen LogP contribution in [-0.4, -0.2) is 68.1 Å². The standard InChI is InChI=1S/C34H37N3O6S/c1-35(2)44(39,40)37-20-18-36(19-21-37)34(38)30-22-31(41-24-27-12-6-3-7-13-27)33(43-26-29-16-10-5-11-17-29)32(23-30)42-25-28-14-8-4-9-15-28/h3-17,22-23H,18-21,24-26H2,1-2H3. The first-order valence-electron chi connectivity index (χ1n) is 14.5. The van der Waals surface area contributed by atoms with Gasteiger partial charge in [0.1, 0.15) is 19.8 Å². The van der Waals surface area contributed by atoms with Crippen molar-refractivity contribution in [2.45, 2.75) is 19.8 Å². The van der Waals surface area contributed by atoms with E-state index in [-0.39, 0.29) is 51.9 Å². The number of hydrogen-bond acceptors (Lipinski definition) is 6. The van der Waals surface area contributed by atoms with Crippen LogP contribution in [0.3, 0.4) is 0 Å². The first kappa shape index (κ1) is 31.1. The Bertz CT molecular complexity index is 1560. The highest BCUT2D eigenvalue weighted by Crippen LogP contribution is 2.41. The number of hydrogen-bond donors (Lipinski definition) is 0. The largest absolute Gasteiger partial charge is 0.485 e. The van der Waals surface area contributed by atoms with Gasteiger partial charge in [0.25, 0.3) is 16.1 Å². The molecule has 44 heavy (non-hydrogen) atoms. The van der Waals surface area contributed by atoms with E-state index in [1.807, 2.05) is 91.0 Å². The molecule has 1 amide bonds. The fraction of sp³-hybridized carbons (Fsp3) is 0.265. The maximum Gasteiger partial charge on any atom is 0.281 e. The average molecular weight is 616 g/mol. The van der Waals surface area contributed by atoms with E-state index in [1.165, 1.54) is 22.7 Å². The molecular formula is C34H37N3O6S. The summed E-state index contributed by atoms with van der Waals surface area (Å²) < 4.78 is 46.7. The summed E-state index contributed by atoms with van der Waals surface area (Å²) in [5, 5.41) is 0. The predicted molar refractivity (Wildman–Crippen MR) is 169 cm³/mol. The lowest BCUT2D eigenvalue weighted by Crippen LogP contribution is -2.53. The third kappa shape index (κ3) is 7.76. The molecule has 1 aliphatic rings. The van der Waals surface area contributed by atoms with Gasteiger partial charge in [0.2, 0.25) is 5.75 Å². The van der Waals surface area contributed by atoms with Crippen molar-refractivity contribution in [3.63, 3.8) is 0 Å². The SMILES string of the molecule is CN(C)S(=O)(=O)N1CCN(C(=O)c2cc(OCc3ccccc3)c(OCc3ccccc3)c(OCc3ccccc3)c2)CC1. The van der Waals surface area contributed by atoms with Gasteiger partial charge in [0.05, 0.1) is 0 Å². The van der Waals surface area contributed by atoms with Gasteiger partial charge in [-0.1, -0.05) is 91.0 Å². The van der Waals surface area contributed by atoms with Gasteiger partial charge < -0.3 is 19.1 Å². The third-order valence-corrected chi connectivity index (χ3v) is 9.22. The Hall–Kier alpha value is -4.38. The van der Waals surface area contributed by atoms with Crippen molar-refractivity contribution < 1.29 is 27.4 Å². The van der Waals surface area contributed by atoms with Crippen molar-refractivity contribution >= 4 is 16.1 Å². The molecule has 0 radical (unpaired) electrons. The first-order valence-corrected chi connectivity index (χ1v) is 15.9. The third-order valence-electron chi connectivity index (χ3n) is 7.28. The summed E-state index contributed by atoms with van der Waals surface area (Å²) in [4.78, 5) is 15.5. The van der Waals surface area contributed by atoms with E-state index in [0.717, 1.165) is 16.7 Å². The second-order valence-electron chi connectivity index (χ2n) is 10.6. The first-order chi connectivity index (χ1) is 21.3. The fourth-order valence-corrected chi connectivity index (χ4v) is 5.88. The minimum absolute atomic E-state index is 0.208. The number of nitrogens with zero attached hydrogens (tertiary/aromatic N) is 3. The molecule has 0 unspecified atom stereocenters. The maximum atomic E-state index is 13.8. The molecule has 1 saturated heterocycles. The van der Waals surface area contributed by atoms with Crippen LogP contribution in [0.4, 0.5) is 0 Å². The van der Waals surface area contributed by atoms with Crippen LogP contribution in [0.5, 0.6) is 17.2 Å². The van der Waals surface area contributed by atoms with E-state index in [9.17, 15) is 13.2 Å². The zero-order chi connectivity index (χ0) is 30.9. The molecular weight excluding hydrogens is 578 g/mol. The lowest BCUT2D eigenvalue weighted by Gasteiger charge is -2.35. The molecule has 0 spiro atoms. The molecule has 4 aromatic rings. The quantitative estimate of drug-likeness (QED) is 0.223. The molecule has 5 rings (SSSR count). The molecule has 230 valence electrons. The molecule has 0 aliphatic carbocycles. The highest BCUT2D eigenvalue weighted by Gasteiger charge is 2.31. The summed E-state index contributed by atoms with van der Waals surface area (Å²) in [6.45, 7) is 1.74. The van der Waals surface area contributed by atoms with E-state index in [1.54, 1.807) is 17.0 Å². The molecule has 10 heteroatoms. The van der Waals surface area contributed by atoms with Crippen LogP contribution in [0.25, 0.3) is 0 Å². The number of carbonyl (C=O) groups excluding carboxylic acids is 1. The van der Waals surface area contributed by atoms with Gasteiger partial charge in [-0.3, -0.25) is 4.79 Å². The van der Waals surface area contributed by atoms with Gasteiger partial charge in [-0.2, -0.15) is 17.0 Å². The Morgan fingerprint density at radius 2 is 1.07 bits per heavy atom. The van der Waals surface area contributed by atoms with Gasteiger partial charge in [-0.05, 0) is 28.8 Å². The topological polar surface area (TPSA) is 88.6 Å². The van der Waals surface area contributed by atoms with Gasteiger partial charge in [-0.15, -0.1) is 0 Å². The van der Waals surface area contributed by atoms with Crippen LogP contribution in [0.1, 0.15) is 27.0 Å². The second kappa shape index (κ2) is 14.4. The summed E-state index contributed by atoms with van der Waals surface area (Å²) in [5.41, 5.74) is 3.26. The van der Waals surface area contributed by atoms with Gasteiger partial charge in [-0.25, -0.2) is 0 Å². The molecule has 1 fully saturated rings. The van der Waals surface area contributed by atoms with Gasteiger partial charge in [0, 0.05) is 45.8 Å². The Kier molecular flexibility index (Phi) is 10.2. The van der Waals surface area contributed by atoms with E-state index in [0.29, 0.717) is 22.8 Å². The van der Waals surface area contributed by atoms with Crippen LogP contribution in [-0.2, 0) is 30.0 Å². The van der Waals surface area contributed by atoms with Crippen molar-refractivity contribution in [2.24, 2.45) is 0 Å². The number of benzene rings is 4. The zero-order valence-electron chi connectivity index (χ0n) is 25.0. The summed E-state index contributed by atoms with van der Waals surface area (Å²) >= 11 is 0. The molecule has 0 atom stereocenters. The number of carbonyl (C=O) groups is 1. The minimum atomic E-state index is -3.56. The van der Waals surface area contributed by atoms with Crippen LogP contribution in [0, 0.1) is 0 Å². The fourth-order valence-electron chi connectivity index (χ4n) is 4.79. The monoisotopic (exact) mass is 615 g/mol. The van der Waals surface area contributed by atoms with Crippen LogP contribution in [0.2, 0.25) is 0 Å². The Morgan fingerprint density at radius 3 is 1.48 bits per heavy atom. The van der Waals surface area contributed by atoms with Crippen LogP contribution >= 0.6 is 0 Å². The summed E-state index contributed by atoms with van der Waals surface area (Å²) in [7, 11) is -0.553. The average Bonchev–Trinajstić information content (AvgIpc) is 3.06. The predicted octanol–water partition coefficient (Wildman–Crippen LogP) is 4.99. The van der Waals surface area contributed by atoms with E-state index < -0.39 is 10.2 Å². The van der Waals surface area contributed by atoms with Crippen molar-refractivity contribution in [2.75, 3.05) is 40.3 Å². The van der Waals surface area contributed by atoms with E-state index in [4.69, 9.17) is 14.2 Å². The molecule has 9 nitrogen and oxygen atoms in total. The normalized spacial score (nSPS) is 13.9. The van der Waals surface area contributed by atoms with Gasteiger partial charge in [0.15, 0.2) is 11.5 Å². The highest BCUT2D eigenvalue weighted by molar-refractivity contribution is 7.86. The van der Waals surface area contributed by atoms with Crippen molar-refractivity contribution in [1.29, 1.82) is 0 Å². The molecule has 0 aromatic heterocycles. The number of rotatable bonds is 12. The van der Waals surface area contributed by atoms with Crippen LogP contribution in [0.15, 0.2) is 103 Å². The number of ether oxygens (including phenoxy) is 3. The minimum Gasteiger partial charge on any atom is -0.485 e. The Labute approximate surface area is 259 Å². The smallest absolute Gasteiger partial charge is 0.281 e. The van der Waals surface area contributed by atoms with E-state index >= 15 is 0 Å². The zero-order valence-corrected chi connectivity index (χ0v) is 25.8. The van der Waals surface area contributed by atoms with Crippen molar-refractivity contribution in [3.05, 3.63) is 125 Å². The van der Waals surface area contributed by atoms with Crippen molar-refractivity contribution in [1.82, 2.24) is 13.5 Å². The summed E-state index contributed by atoms with van der Waals surface area (Å²) in [5.74, 6) is 0.926. The van der Waals surface area contributed by atoms with E-state index in [2.05, 4.69) is 0 Å². The lowest BCUT2D eigenvalue weighted by molar-refractivity contribution is 0.0694. The molecule has 0 bridgehead atoms. The highest BCUT2D eigenvalue weighted by atomic mass is 32.2.